The van der Waals surface area contributed by atoms with Gasteiger partial charge in [0.05, 0.1) is 112 Å². The Labute approximate surface area is 774 Å². The van der Waals surface area contributed by atoms with E-state index in [4.69, 9.17) is 49.8 Å². The molecule has 8 heterocycles. The van der Waals surface area contributed by atoms with Gasteiger partial charge in [0.2, 0.25) is 0 Å². The normalized spacial score (nSPS) is 11.6. The maximum atomic E-state index is 5.35. The second-order valence-corrected chi connectivity index (χ2v) is 33.3. The van der Waals surface area contributed by atoms with Gasteiger partial charge in [-0.05, 0) is 142 Å². The maximum absolute atomic E-state index is 5.35. The number of pyridine rings is 4. The molecule has 0 radical (unpaired) electrons. The van der Waals surface area contributed by atoms with Crippen LogP contribution in [0.1, 0.15) is 44.5 Å². The smallest absolute Gasteiger partial charge is 0.159 e. The van der Waals surface area contributed by atoms with Crippen LogP contribution < -0.4 is 0 Å². The molecule has 12 heteroatoms. The standard InChI is InChI=1S/C81H52N8.C41H28N4/c1-5-21-53(22-6-1)73-77(86-69-33-17-13-29-65(69)82-73)57-37-45-61(46-38-57)81(62-47-39-58(40-48-62)78-74(54-23-7-2-8-24-54)83-66-30-14-18-34-70(66)87-78,63-49-41-59(42-50-63)79-75(55-25-9-3-10-26-55)84-67-31-15-19-35-71(67)88-79)64-51-43-60(44-52-64)80-76(56-27-11-4-12-28-56)85-68-32-16-20-36-72(68)89-80;1-3-11-33(12-4-1)41(34-13-5-2-6-14-34,35-21-15-29(16-22-35)37-25-19-31-9-7-27-42-39(31)44-37)36-23-17-30(18-24-36)38-26-20-32-10-8-28-43-40(32)45-38/h1-52H;1-28H. The SMILES string of the molecule is c1ccc(-c2nc3ccccc3nc2-c2ccc(C(c3ccc(-c4nc5ccccc5nc4-c4ccccc4)cc3)(c3ccc(-c4nc5ccccc5nc4-c4ccccc4)cc3)c3ccc(-c4nc5ccccc5nc4-c4ccccc4)cc3)cc2)cc1.c1ccc(C(c2ccccc2)(c2ccc(-c3ccc4cccnc4n3)cc2)c2ccc(-c3ccc4cccnc4n3)cc2)cc1. The third-order valence-electron chi connectivity index (χ3n) is 25.4. The minimum absolute atomic E-state index is 0.559. The van der Waals surface area contributed by atoms with Gasteiger partial charge < -0.3 is 0 Å². The number of nitrogens with zero attached hydrogens (tertiary/aromatic N) is 12. The highest BCUT2D eigenvalue weighted by atomic mass is 14.9. The Hall–Kier alpha value is -18.0. The van der Waals surface area contributed by atoms with Crippen molar-refractivity contribution in [2.45, 2.75) is 10.8 Å². The van der Waals surface area contributed by atoms with Crippen molar-refractivity contribution < 1.29 is 0 Å². The fourth-order valence-electron chi connectivity index (χ4n) is 18.9. The second-order valence-electron chi connectivity index (χ2n) is 33.3. The predicted octanol–water partition coefficient (Wildman–Crippen LogP) is 28.5. The molecule has 0 bridgehead atoms. The zero-order chi connectivity index (χ0) is 89.1. The Morgan fingerprint density at radius 2 is 0.306 bits per heavy atom. The lowest BCUT2D eigenvalue weighted by Crippen LogP contribution is -2.31. The Bertz CT molecular complexity index is 7580. The number of rotatable bonds is 18. The Morgan fingerprint density at radius 3 is 0.522 bits per heavy atom. The lowest BCUT2D eigenvalue weighted by Gasteiger charge is -2.37. The van der Waals surface area contributed by atoms with E-state index in [2.05, 4.69) is 289 Å². The topological polar surface area (TPSA) is 155 Å². The van der Waals surface area contributed by atoms with Gasteiger partial charge in [-0.25, -0.2) is 59.8 Å². The molecule has 0 fully saturated rings. The van der Waals surface area contributed by atoms with Gasteiger partial charge in [0, 0.05) is 78.8 Å². The molecule has 0 saturated heterocycles. The molecule has 0 spiro atoms. The van der Waals surface area contributed by atoms with Gasteiger partial charge in [-0.3, -0.25) is 0 Å². The van der Waals surface area contributed by atoms with Crippen molar-refractivity contribution in [2.75, 3.05) is 0 Å². The summed E-state index contributed by atoms with van der Waals surface area (Å²) in [6, 6.07) is 165. The molecule has 0 aliphatic heterocycles. The number of hydrogen-bond acceptors (Lipinski definition) is 12. The largest absolute Gasteiger partial charge is 0.244 e. The number of benzene rings is 16. The molecule has 134 heavy (non-hydrogen) atoms. The van der Waals surface area contributed by atoms with Crippen LogP contribution in [0.4, 0.5) is 0 Å². The summed E-state index contributed by atoms with van der Waals surface area (Å²) in [6.45, 7) is 0. The molecule has 0 atom stereocenters. The van der Waals surface area contributed by atoms with Gasteiger partial charge in [-0.15, -0.1) is 0 Å². The summed E-state index contributed by atoms with van der Waals surface area (Å²) in [5.74, 6) is 0. The molecule has 16 aromatic carbocycles. The van der Waals surface area contributed by atoms with Crippen LogP contribution in [0.3, 0.4) is 0 Å². The zero-order valence-electron chi connectivity index (χ0n) is 72.6. The molecule has 0 aliphatic carbocycles. The van der Waals surface area contributed by atoms with Crippen molar-refractivity contribution in [1.29, 1.82) is 0 Å². The van der Waals surface area contributed by atoms with E-state index in [9.17, 15) is 0 Å². The summed E-state index contributed by atoms with van der Waals surface area (Å²) in [5, 5.41) is 2.06. The van der Waals surface area contributed by atoms with Gasteiger partial charge in [0.25, 0.3) is 0 Å². The van der Waals surface area contributed by atoms with Gasteiger partial charge >= 0.3 is 0 Å². The first-order chi connectivity index (χ1) is 66.4. The molecule has 0 aliphatic rings. The van der Waals surface area contributed by atoms with E-state index < -0.39 is 10.8 Å². The zero-order valence-corrected chi connectivity index (χ0v) is 72.6. The summed E-state index contributed by atoms with van der Waals surface area (Å²) in [4.78, 5) is 61.1. The highest BCUT2D eigenvalue weighted by molar-refractivity contribution is 5.92. The van der Waals surface area contributed by atoms with Crippen molar-refractivity contribution in [3.8, 4) is 113 Å². The van der Waals surface area contributed by atoms with Crippen molar-refractivity contribution in [3.63, 3.8) is 0 Å². The second kappa shape index (κ2) is 35.2. The van der Waals surface area contributed by atoms with Crippen LogP contribution in [-0.4, -0.2) is 59.8 Å². The molecule has 24 aromatic rings. The lowest BCUT2D eigenvalue weighted by atomic mass is 9.64. The van der Waals surface area contributed by atoms with Crippen molar-refractivity contribution >= 4 is 66.2 Å². The molecular formula is C122H80N12. The van der Waals surface area contributed by atoms with Gasteiger partial charge in [0.15, 0.2) is 11.3 Å². The number of para-hydroxylation sites is 8. The van der Waals surface area contributed by atoms with Crippen LogP contribution in [0.5, 0.6) is 0 Å². The number of hydrogen-bond donors (Lipinski definition) is 0. The molecule has 0 saturated carbocycles. The molecule has 8 aromatic heterocycles. The van der Waals surface area contributed by atoms with Crippen LogP contribution in [0.25, 0.3) is 179 Å². The van der Waals surface area contributed by atoms with Gasteiger partial charge in [-0.2, -0.15) is 0 Å². The third-order valence-corrected chi connectivity index (χ3v) is 25.4. The molecular weight excluding hydrogens is 1630 g/mol. The first-order valence-corrected chi connectivity index (χ1v) is 44.9. The van der Waals surface area contributed by atoms with Crippen LogP contribution >= 0.6 is 0 Å². The third kappa shape index (κ3) is 15.1. The minimum Gasteiger partial charge on any atom is -0.244 e. The Kier molecular flexibility index (Phi) is 21.2. The number of aromatic nitrogens is 12. The maximum Gasteiger partial charge on any atom is 0.159 e. The van der Waals surface area contributed by atoms with Gasteiger partial charge in [-0.1, -0.05) is 376 Å². The first-order valence-electron chi connectivity index (χ1n) is 44.9. The molecule has 24 rings (SSSR count). The summed E-state index contributed by atoms with van der Waals surface area (Å²) in [7, 11) is 0. The highest BCUT2D eigenvalue weighted by Crippen LogP contribution is 2.51. The first kappa shape index (κ1) is 80.6. The van der Waals surface area contributed by atoms with E-state index in [0.717, 1.165) is 201 Å². The van der Waals surface area contributed by atoms with Crippen LogP contribution in [0.2, 0.25) is 0 Å². The molecule has 628 valence electrons. The predicted molar refractivity (Wildman–Crippen MR) is 542 cm³/mol. The fraction of sp³-hybridized carbons (Fsp3) is 0.0164. The summed E-state index contributed by atoms with van der Waals surface area (Å²) >= 11 is 0. The highest BCUT2D eigenvalue weighted by Gasteiger charge is 2.41. The van der Waals surface area contributed by atoms with E-state index in [1.165, 1.54) is 22.3 Å². The monoisotopic (exact) mass is 1710 g/mol. The summed E-state index contributed by atoms with van der Waals surface area (Å²) < 4.78 is 0. The molecule has 0 amide bonds. The average Bonchev–Trinajstić information content (AvgIpc) is 0.723. The molecule has 0 unspecified atom stereocenters. The van der Waals surface area contributed by atoms with Crippen LogP contribution in [0, 0.1) is 0 Å². The van der Waals surface area contributed by atoms with Crippen molar-refractivity contribution in [1.82, 2.24) is 59.8 Å². The Morgan fingerprint density at radius 1 is 0.127 bits per heavy atom. The average molecular weight is 1710 g/mol. The quantitative estimate of drug-likeness (QED) is 0.0751. The molecule has 0 N–H and O–H groups in total. The van der Waals surface area contributed by atoms with Crippen LogP contribution in [-0.2, 0) is 10.8 Å². The van der Waals surface area contributed by atoms with E-state index in [1.54, 1.807) is 12.4 Å². The van der Waals surface area contributed by atoms with E-state index in [1.807, 2.05) is 194 Å². The molecule has 12 nitrogen and oxygen atoms in total. The van der Waals surface area contributed by atoms with E-state index in [-0.39, 0.29) is 0 Å². The van der Waals surface area contributed by atoms with Crippen LogP contribution in [0.15, 0.2) is 486 Å². The van der Waals surface area contributed by atoms with E-state index in [0.29, 0.717) is 0 Å². The lowest BCUT2D eigenvalue weighted by molar-refractivity contribution is 0.745. The number of fused-ring (bicyclic) bond motifs is 6. The van der Waals surface area contributed by atoms with Crippen molar-refractivity contribution in [3.05, 3.63) is 530 Å². The van der Waals surface area contributed by atoms with E-state index >= 15 is 0 Å². The summed E-state index contributed by atoms with van der Waals surface area (Å²) in [5.41, 5.74) is 33.6. The fourth-order valence-corrected chi connectivity index (χ4v) is 18.9. The minimum atomic E-state index is -0.961. The summed E-state index contributed by atoms with van der Waals surface area (Å²) in [6.07, 6.45) is 3.57. The van der Waals surface area contributed by atoms with Gasteiger partial charge in [0.1, 0.15) is 0 Å². The Balaban J connectivity index is 0.000000188. The van der Waals surface area contributed by atoms with Crippen molar-refractivity contribution in [2.24, 2.45) is 0 Å².